The molecule has 0 spiro atoms. The van der Waals surface area contributed by atoms with Gasteiger partial charge < -0.3 is 14.2 Å². The smallest absolute Gasteiger partial charge is 0.402 e. The number of carbonyl (C=O) groups excluding carboxylic acids is 4. The lowest BCUT2D eigenvalue weighted by molar-refractivity contribution is -0.265. The van der Waals surface area contributed by atoms with Crippen molar-refractivity contribution in [2.45, 2.75) is 71.4 Å². The number of rotatable bonds is 5. The number of ketones is 1. The Morgan fingerprint density at radius 3 is 2.45 bits per heavy atom. The van der Waals surface area contributed by atoms with Crippen LogP contribution in [0.3, 0.4) is 0 Å². The topological polar surface area (TPSA) is 96.0 Å². The van der Waals surface area contributed by atoms with Crippen LogP contribution in [0.5, 0.6) is 0 Å². The lowest BCUT2D eigenvalue weighted by atomic mass is 9.66. The number of halogens is 3. The zero-order valence-corrected chi connectivity index (χ0v) is 16.5. The zero-order valence-electron chi connectivity index (χ0n) is 16.5. The van der Waals surface area contributed by atoms with Gasteiger partial charge in [0.15, 0.2) is 6.10 Å². The van der Waals surface area contributed by atoms with Crippen LogP contribution in [0.25, 0.3) is 0 Å². The molecule has 7 nitrogen and oxygen atoms in total. The normalized spacial score (nSPS) is 34.6. The number of alkyl halides is 3. The minimum Gasteiger partial charge on any atom is -0.455 e. The van der Waals surface area contributed by atoms with E-state index in [0.717, 1.165) is 0 Å². The number of hydrogen-bond donors (Lipinski definition) is 0. The molecule has 3 aliphatic rings. The second-order valence-electron chi connectivity index (χ2n) is 8.66. The van der Waals surface area contributed by atoms with Crippen molar-refractivity contribution in [1.82, 2.24) is 0 Å². The summed E-state index contributed by atoms with van der Waals surface area (Å²) >= 11 is 0. The molecular formula is C19H23F3O7. The van der Waals surface area contributed by atoms with Gasteiger partial charge in [-0.2, -0.15) is 13.2 Å². The average Bonchev–Trinajstić information content (AvgIpc) is 3.18. The van der Waals surface area contributed by atoms with Gasteiger partial charge in [-0.25, -0.2) is 9.59 Å². The molecule has 0 radical (unpaired) electrons. The van der Waals surface area contributed by atoms with Crippen molar-refractivity contribution >= 4 is 23.7 Å². The van der Waals surface area contributed by atoms with Gasteiger partial charge in [-0.3, -0.25) is 9.59 Å². The predicted molar refractivity (Wildman–Crippen MR) is 89.1 cm³/mol. The van der Waals surface area contributed by atoms with Gasteiger partial charge in [-0.1, -0.05) is 6.92 Å². The van der Waals surface area contributed by atoms with E-state index in [1.807, 2.05) is 0 Å². The van der Waals surface area contributed by atoms with Gasteiger partial charge in [0.2, 0.25) is 0 Å². The van der Waals surface area contributed by atoms with Gasteiger partial charge in [0.25, 0.3) is 5.78 Å². The Kier molecular flexibility index (Phi) is 4.98. The summed E-state index contributed by atoms with van der Waals surface area (Å²) in [5.74, 6) is -6.75. The number of Topliss-reactive ketones (excluding diaryl/α,β-unsaturated/α-hetero) is 1. The minimum atomic E-state index is -4.90. The zero-order chi connectivity index (χ0) is 21.9. The van der Waals surface area contributed by atoms with Crippen molar-refractivity contribution in [3.8, 4) is 0 Å². The molecule has 1 aliphatic heterocycles. The first kappa shape index (κ1) is 21.6. The highest BCUT2D eigenvalue weighted by molar-refractivity contribution is 6.37. The highest BCUT2D eigenvalue weighted by atomic mass is 19.4. The van der Waals surface area contributed by atoms with Gasteiger partial charge in [-0.15, -0.1) is 0 Å². The molecule has 2 aliphatic carbocycles. The predicted octanol–water partition coefficient (Wildman–Crippen LogP) is 2.35. The number of hydrogen-bond acceptors (Lipinski definition) is 7. The van der Waals surface area contributed by atoms with Crippen LogP contribution in [0.1, 0.15) is 47.0 Å². The molecule has 0 aromatic carbocycles. The second kappa shape index (κ2) is 6.70. The Bertz CT molecular complexity index is 759. The molecule has 2 saturated carbocycles. The summed E-state index contributed by atoms with van der Waals surface area (Å²) in [6.07, 6.45) is -8.82. The maximum atomic E-state index is 13.7. The quantitative estimate of drug-likeness (QED) is 0.383. The van der Waals surface area contributed by atoms with E-state index in [1.54, 1.807) is 20.8 Å². The van der Waals surface area contributed by atoms with Crippen molar-refractivity contribution in [3.63, 3.8) is 0 Å². The van der Waals surface area contributed by atoms with E-state index in [1.165, 1.54) is 6.92 Å². The summed E-state index contributed by atoms with van der Waals surface area (Å²) < 4.78 is 56.5. The van der Waals surface area contributed by atoms with Gasteiger partial charge in [0.1, 0.15) is 17.6 Å². The van der Waals surface area contributed by atoms with Crippen LogP contribution in [0.2, 0.25) is 0 Å². The Hall–Kier alpha value is -2.13. The average molecular weight is 420 g/mol. The van der Waals surface area contributed by atoms with Crippen molar-refractivity contribution in [2.24, 2.45) is 22.7 Å². The Labute approximate surface area is 165 Å². The number of esters is 3. The molecule has 1 heterocycles. The molecule has 6 unspecified atom stereocenters. The largest absolute Gasteiger partial charge is 0.455 e. The fourth-order valence-electron chi connectivity index (χ4n) is 4.47. The van der Waals surface area contributed by atoms with Crippen molar-refractivity contribution in [1.29, 1.82) is 0 Å². The number of carbonyl (C=O) groups is 4. The van der Waals surface area contributed by atoms with E-state index in [2.05, 4.69) is 0 Å². The van der Waals surface area contributed by atoms with Gasteiger partial charge in [0.05, 0.1) is 5.41 Å². The fraction of sp³-hybridized carbons (Fsp3) is 0.789. The first-order valence-corrected chi connectivity index (χ1v) is 9.50. The van der Waals surface area contributed by atoms with Crippen LogP contribution >= 0.6 is 0 Å². The molecule has 2 bridgehead atoms. The van der Waals surface area contributed by atoms with Gasteiger partial charge in [0, 0.05) is 11.8 Å². The Morgan fingerprint density at radius 1 is 1.28 bits per heavy atom. The molecule has 0 aromatic heterocycles. The van der Waals surface area contributed by atoms with Crippen LogP contribution in [-0.4, -0.2) is 48.2 Å². The maximum Gasteiger partial charge on any atom is 0.402 e. The van der Waals surface area contributed by atoms with Crippen molar-refractivity contribution < 1.29 is 46.6 Å². The lowest BCUT2D eigenvalue weighted by Crippen LogP contribution is -2.63. The minimum absolute atomic E-state index is 0.0435. The first-order chi connectivity index (χ1) is 13.3. The van der Waals surface area contributed by atoms with Crippen LogP contribution in [0, 0.1) is 22.7 Å². The second-order valence-corrected chi connectivity index (χ2v) is 8.66. The number of fused-ring (bicyclic) bond motifs is 1. The fourth-order valence-corrected chi connectivity index (χ4v) is 4.47. The van der Waals surface area contributed by atoms with E-state index in [0.29, 0.717) is 6.42 Å². The lowest BCUT2D eigenvalue weighted by Gasteiger charge is -2.46. The maximum absolute atomic E-state index is 13.7. The Morgan fingerprint density at radius 2 is 1.90 bits per heavy atom. The van der Waals surface area contributed by atoms with Crippen LogP contribution in [0.15, 0.2) is 0 Å². The Balaban J connectivity index is 1.74. The third-order valence-corrected chi connectivity index (χ3v) is 6.60. The molecule has 3 rings (SSSR count). The molecule has 10 heteroatoms. The summed E-state index contributed by atoms with van der Waals surface area (Å²) in [6.45, 7) is 6.39. The molecule has 0 amide bonds. The summed E-state index contributed by atoms with van der Waals surface area (Å²) in [6, 6.07) is 0. The van der Waals surface area contributed by atoms with Crippen LogP contribution < -0.4 is 0 Å². The highest BCUT2D eigenvalue weighted by Gasteiger charge is 2.79. The molecular weight excluding hydrogens is 397 g/mol. The third kappa shape index (κ3) is 3.11. The molecule has 1 saturated heterocycles. The molecule has 3 fully saturated rings. The van der Waals surface area contributed by atoms with E-state index >= 15 is 0 Å². The molecule has 0 aromatic rings. The highest BCUT2D eigenvalue weighted by Crippen LogP contribution is 2.65. The number of ether oxygens (including phenoxy) is 3. The molecule has 29 heavy (non-hydrogen) atoms. The van der Waals surface area contributed by atoms with Gasteiger partial charge in [-0.05, 0) is 40.0 Å². The molecule has 162 valence electrons. The monoisotopic (exact) mass is 420 g/mol. The van der Waals surface area contributed by atoms with Crippen LogP contribution in [0.4, 0.5) is 13.2 Å². The van der Waals surface area contributed by atoms with E-state index in [9.17, 15) is 32.3 Å². The van der Waals surface area contributed by atoms with E-state index < -0.39 is 77.3 Å². The van der Waals surface area contributed by atoms with Gasteiger partial charge >= 0.3 is 24.1 Å². The first-order valence-electron chi connectivity index (χ1n) is 9.50. The van der Waals surface area contributed by atoms with E-state index in [4.69, 9.17) is 14.2 Å². The van der Waals surface area contributed by atoms with Crippen LogP contribution in [-0.2, 0) is 33.4 Å². The summed E-state index contributed by atoms with van der Waals surface area (Å²) in [5, 5.41) is 0. The molecule has 0 N–H and O–H groups in total. The summed E-state index contributed by atoms with van der Waals surface area (Å²) in [4.78, 5) is 48.4. The SMILES string of the molecule is CCC(C)(C)C(=O)OC(C)C(=O)OC1C2CC3C1OC(=O)C(=O)C3(C(F)(F)F)C2. The summed E-state index contributed by atoms with van der Waals surface area (Å²) in [5.41, 5.74) is -3.59. The standard InChI is InChI=1S/C19H23F3O7/c1-5-17(3,4)16(26)27-8(2)14(24)28-11-9-6-10-12(11)29-15(25)13(23)18(10,7-9)19(20,21)22/h8-12H,5-7H2,1-4H3. The van der Waals surface area contributed by atoms with Crippen molar-refractivity contribution in [2.75, 3.05) is 0 Å². The third-order valence-electron chi connectivity index (χ3n) is 6.60. The van der Waals surface area contributed by atoms with Crippen molar-refractivity contribution in [3.05, 3.63) is 0 Å². The molecule has 6 atom stereocenters. The summed E-state index contributed by atoms with van der Waals surface area (Å²) in [7, 11) is 0. The van der Waals surface area contributed by atoms with E-state index in [-0.39, 0.29) is 6.42 Å².